The van der Waals surface area contributed by atoms with E-state index < -0.39 is 0 Å². The van der Waals surface area contributed by atoms with E-state index in [0.29, 0.717) is 24.4 Å². The zero-order valence-corrected chi connectivity index (χ0v) is 15.9. The second-order valence-electron chi connectivity index (χ2n) is 6.81. The Morgan fingerprint density at radius 1 is 1.07 bits per heavy atom. The highest BCUT2D eigenvalue weighted by Gasteiger charge is 2.20. The summed E-state index contributed by atoms with van der Waals surface area (Å²) in [4.78, 5) is 26.9. The highest BCUT2D eigenvalue weighted by Crippen LogP contribution is 2.24. The molecule has 0 N–H and O–H groups in total. The maximum atomic E-state index is 12.5. The van der Waals surface area contributed by atoms with Crippen molar-refractivity contribution >= 4 is 17.3 Å². The number of ketones is 1. The van der Waals surface area contributed by atoms with Crippen LogP contribution in [0.2, 0.25) is 0 Å². The molecule has 2 aromatic rings. The largest absolute Gasteiger partial charge is 0.496 e. The summed E-state index contributed by atoms with van der Waals surface area (Å²) in [5, 5.41) is 0. The SMILES string of the molecule is COc1ccc(C)cc1C(=O)CCC(=O)N1CC=C(c2ccccc2)CC1. The number of rotatable bonds is 6. The lowest BCUT2D eigenvalue weighted by atomic mass is 9.99. The van der Waals surface area contributed by atoms with E-state index in [0.717, 1.165) is 12.0 Å². The van der Waals surface area contributed by atoms with Crippen LogP contribution in [0.1, 0.15) is 40.7 Å². The minimum atomic E-state index is -0.0542. The third-order valence-corrected chi connectivity index (χ3v) is 4.93. The normalized spacial score (nSPS) is 13.9. The van der Waals surface area contributed by atoms with Gasteiger partial charge in [0.05, 0.1) is 12.7 Å². The van der Waals surface area contributed by atoms with Gasteiger partial charge in [0.2, 0.25) is 5.91 Å². The van der Waals surface area contributed by atoms with Crippen LogP contribution < -0.4 is 4.74 Å². The van der Waals surface area contributed by atoms with E-state index in [9.17, 15) is 9.59 Å². The van der Waals surface area contributed by atoms with Crippen molar-refractivity contribution in [1.29, 1.82) is 0 Å². The third-order valence-electron chi connectivity index (χ3n) is 4.93. The first-order chi connectivity index (χ1) is 13.1. The smallest absolute Gasteiger partial charge is 0.223 e. The van der Waals surface area contributed by atoms with Crippen molar-refractivity contribution in [2.75, 3.05) is 20.2 Å². The van der Waals surface area contributed by atoms with Crippen molar-refractivity contribution < 1.29 is 14.3 Å². The molecule has 1 aliphatic rings. The fourth-order valence-corrected chi connectivity index (χ4v) is 3.36. The molecule has 140 valence electrons. The Morgan fingerprint density at radius 3 is 2.52 bits per heavy atom. The van der Waals surface area contributed by atoms with Gasteiger partial charge in [-0.05, 0) is 36.6 Å². The summed E-state index contributed by atoms with van der Waals surface area (Å²) < 4.78 is 5.27. The summed E-state index contributed by atoms with van der Waals surface area (Å²) in [5.74, 6) is 0.534. The quantitative estimate of drug-likeness (QED) is 0.720. The molecule has 1 amide bonds. The lowest BCUT2D eigenvalue weighted by molar-refractivity contribution is -0.130. The monoisotopic (exact) mass is 363 g/mol. The number of nitrogens with zero attached hydrogens (tertiary/aromatic N) is 1. The number of Topliss-reactive ketones (excluding diaryl/α,β-unsaturated/α-hetero) is 1. The fourth-order valence-electron chi connectivity index (χ4n) is 3.36. The number of hydrogen-bond acceptors (Lipinski definition) is 3. The lowest BCUT2D eigenvalue weighted by Gasteiger charge is -2.26. The van der Waals surface area contributed by atoms with Gasteiger partial charge in [0.1, 0.15) is 5.75 Å². The molecule has 0 unspecified atom stereocenters. The van der Waals surface area contributed by atoms with Gasteiger partial charge in [-0.25, -0.2) is 0 Å². The summed E-state index contributed by atoms with van der Waals surface area (Å²) in [6.07, 6.45) is 3.38. The second kappa shape index (κ2) is 8.67. The number of aryl methyl sites for hydroxylation is 1. The highest BCUT2D eigenvalue weighted by atomic mass is 16.5. The minimum Gasteiger partial charge on any atom is -0.496 e. The molecule has 0 atom stereocenters. The average molecular weight is 363 g/mol. The van der Waals surface area contributed by atoms with Crippen LogP contribution in [0, 0.1) is 6.92 Å². The molecule has 27 heavy (non-hydrogen) atoms. The van der Waals surface area contributed by atoms with E-state index in [-0.39, 0.29) is 24.5 Å². The van der Waals surface area contributed by atoms with Crippen molar-refractivity contribution in [2.24, 2.45) is 0 Å². The molecule has 0 bridgehead atoms. The first kappa shape index (κ1) is 18.9. The Kier molecular flexibility index (Phi) is 6.07. The van der Waals surface area contributed by atoms with E-state index in [4.69, 9.17) is 4.74 Å². The van der Waals surface area contributed by atoms with E-state index in [1.807, 2.05) is 42.2 Å². The van der Waals surface area contributed by atoms with E-state index in [1.165, 1.54) is 11.1 Å². The van der Waals surface area contributed by atoms with Gasteiger partial charge in [0.15, 0.2) is 5.78 Å². The van der Waals surface area contributed by atoms with Crippen LogP contribution in [0.25, 0.3) is 5.57 Å². The molecule has 4 heteroatoms. The summed E-state index contributed by atoms with van der Waals surface area (Å²) >= 11 is 0. The van der Waals surface area contributed by atoms with Gasteiger partial charge in [-0.1, -0.05) is 48.0 Å². The van der Waals surface area contributed by atoms with Gasteiger partial charge in [0, 0.05) is 25.9 Å². The summed E-state index contributed by atoms with van der Waals surface area (Å²) in [5.41, 5.74) is 4.04. The Morgan fingerprint density at radius 2 is 1.85 bits per heavy atom. The molecular weight excluding hydrogens is 338 g/mol. The van der Waals surface area contributed by atoms with Crippen LogP contribution >= 0.6 is 0 Å². The Labute approximate surface area is 160 Å². The van der Waals surface area contributed by atoms with Gasteiger partial charge in [0.25, 0.3) is 0 Å². The predicted octanol–water partition coefficient (Wildman–Crippen LogP) is 4.28. The van der Waals surface area contributed by atoms with Gasteiger partial charge in [-0.3, -0.25) is 9.59 Å². The van der Waals surface area contributed by atoms with Crippen LogP contribution in [0.4, 0.5) is 0 Å². The molecule has 4 nitrogen and oxygen atoms in total. The molecule has 0 radical (unpaired) electrons. The number of carbonyl (C=O) groups excluding carboxylic acids is 2. The average Bonchev–Trinajstić information content (AvgIpc) is 2.72. The topological polar surface area (TPSA) is 46.6 Å². The summed E-state index contributed by atoms with van der Waals surface area (Å²) in [7, 11) is 1.55. The van der Waals surface area contributed by atoms with E-state index >= 15 is 0 Å². The van der Waals surface area contributed by atoms with Crippen molar-refractivity contribution in [3.05, 3.63) is 71.3 Å². The summed E-state index contributed by atoms with van der Waals surface area (Å²) in [6.45, 7) is 3.23. The van der Waals surface area contributed by atoms with Crippen molar-refractivity contribution in [1.82, 2.24) is 4.90 Å². The molecule has 0 aliphatic carbocycles. The number of hydrogen-bond donors (Lipinski definition) is 0. The molecular formula is C23H25NO3. The number of amides is 1. The van der Waals surface area contributed by atoms with Crippen LogP contribution in [-0.2, 0) is 4.79 Å². The third kappa shape index (κ3) is 4.64. The fraction of sp³-hybridized carbons (Fsp3) is 0.304. The van der Waals surface area contributed by atoms with Gasteiger partial charge >= 0.3 is 0 Å². The van der Waals surface area contributed by atoms with Crippen LogP contribution in [0.3, 0.4) is 0 Å². The highest BCUT2D eigenvalue weighted by molar-refractivity contribution is 6.00. The number of ether oxygens (including phenoxy) is 1. The summed E-state index contributed by atoms with van der Waals surface area (Å²) in [6, 6.07) is 15.8. The standard InChI is InChI=1S/C23H25NO3/c1-17-8-10-22(27-2)20(16-17)21(25)9-11-23(26)24-14-12-19(13-15-24)18-6-4-3-5-7-18/h3-8,10,12,16H,9,11,13-15H2,1-2H3. The van der Waals surface area contributed by atoms with E-state index in [2.05, 4.69) is 18.2 Å². The molecule has 0 saturated heterocycles. The van der Waals surface area contributed by atoms with Crippen LogP contribution in [0.15, 0.2) is 54.6 Å². The second-order valence-corrected chi connectivity index (χ2v) is 6.81. The van der Waals surface area contributed by atoms with E-state index in [1.54, 1.807) is 13.2 Å². The molecule has 1 heterocycles. The molecule has 1 aliphatic heterocycles. The first-order valence-corrected chi connectivity index (χ1v) is 9.28. The molecule has 0 saturated carbocycles. The zero-order valence-electron chi connectivity index (χ0n) is 15.9. The van der Waals surface area contributed by atoms with Gasteiger partial charge < -0.3 is 9.64 Å². The molecule has 3 rings (SSSR count). The van der Waals surface area contributed by atoms with Gasteiger partial charge in [-0.15, -0.1) is 0 Å². The minimum absolute atomic E-state index is 0.0262. The Bertz CT molecular complexity index is 855. The maximum absolute atomic E-state index is 12.5. The lowest BCUT2D eigenvalue weighted by Crippen LogP contribution is -2.34. The van der Waals surface area contributed by atoms with Crippen LogP contribution in [-0.4, -0.2) is 36.8 Å². The number of carbonyl (C=O) groups is 2. The van der Waals surface area contributed by atoms with Crippen molar-refractivity contribution in [3.8, 4) is 5.75 Å². The first-order valence-electron chi connectivity index (χ1n) is 9.28. The molecule has 0 spiro atoms. The van der Waals surface area contributed by atoms with Crippen molar-refractivity contribution in [3.63, 3.8) is 0 Å². The Balaban J connectivity index is 1.57. The zero-order chi connectivity index (χ0) is 19.2. The predicted molar refractivity (Wildman–Crippen MR) is 107 cm³/mol. The number of methoxy groups -OCH3 is 1. The molecule has 0 fully saturated rings. The van der Waals surface area contributed by atoms with Crippen LogP contribution in [0.5, 0.6) is 5.75 Å². The Hall–Kier alpha value is -2.88. The number of benzene rings is 2. The van der Waals surface area contributed by atoms with Crippen molar-refractivity contribution in [2.45, 2.75) is 26.2 Å². The molecule has 0 aromatic heterocycles. The van der Waals surface area contributed by atoms with Gasteiger partial charge in [-0.2, -0.15) is 0 Å². The molecule has 2 aromatic carbocycles. The maximum Gasteiger partial charge on any atom is 0.223 e.